The molecule has 1 aromatic carbocycles. The number of hydrogen-bond donors (Lipinski definition) is 1. The van der Waals surface area contributed by atoms with Gasteiger partial charge < -0.3 is 5.11 Å². The Kier molecular flexibility index (Phi) is 3.14. The summed E-state index contributed by atoms with van der Waals surface area (Å²) < 4.78 is 3.31. The first kappa shape index (κ1) is 11.7. The Hall–Kier alpha value is -1.82. The number of benzene rings is 1. The smallest absolute Gasteiger partial charge is 0.333 e. The minimum atomic E-state index is -1.04. The van der Waals surface area contributed by atoms with E-state index in [9.17, 15) is 9.59 Å². The van der Waals surface area contributed by atoms with Crippen LogP contribution in [0.25, 0.3) is 5.69 Å². The van der Waals surface area contributed by atoms with E-state index >= 15 is 0 Å². The molecular formula is C11H9BrN2O3. The molecule has 1 N–H and O–H groups in total. The van der Waals surface area contributed by atoms with Crippen LogP contribution < -0.4 is 5.69 Å². The third-order valence-corrected chi connectivity index (χ3v) is 2.94. The quantitative estimate of drug-likeness (QED) is 0.933. The average Bonchev–Trinajstić information content (AvgIpc) is 2.61. The number of aliphatic carboxylic acids is 1. The van der Waals surface area contributed by atoms with Crippen molar-refractivity contribution < 1.29 is 9.90 Å². The number of nitrogens with zero attached hydrogens (tertiary/aromatic N) is 2. The van der Waals surface area contributed by atoms with Crippen molar-refractivity contribution in [2.24, 2.45) is 0 Å². The molecule has 0 spiro atoms. The normalized spacial score (nSPS) is 10.4. The molecule has 0 saturated heterocycles. The van der Waals surface area contributed by atoms with Crippen LogP contribution in [0.2, 0.25) is 0 Å². The molecule has 6 heteroatoms. The standard InChI is InChI=1S/C11H9BrN2O3/c12-8-3-1-2-4-9(8)14-6-5-13(11(14)17)7-10(15)16/h1-6H,7H2,(H,15,16). The molecule has 17 heavy (non-hydrogen) atoms. The maximum absolute atomic E-state index is 11.9. The lowest BCUT2D eigenvalue weighted by molar-refractivity contribution is -0.137. The van der Waals surface area contributed by atoms with Crippen LogP contribution in [0.5, 0.6) is 0 Å². The van der Waals surface area contributed by atoms with Crippen LogP contribution in [-0.4, -0.2) is 20.2 Å². The predicted octanol–water partition coefficient (Wildman–Crippen LogP) is 1.49. The number of para-hydroxylation sites is 1. The van der Waals surface area contributed by atoms with Gasteiger partial charge in [-0.2, -0.15) is 0 Å². The van der Waals surface area contributed by atoms with Crippen LogP contribution in [0, 0.1) is 0 Å². The molecule has 0 amide bonds. The molecule has 0 radical (unpaired) electrons. The number of carboxylic acids is 1. The minimum absolute atomic E-state index is 0.337. The third-order valence-electron chi connectivity index (χ3n) is 2.27. The fraction of sp³-hybridized carbons (Fsp3) is 0.0909. The molecule has 0 aliphatic rings. The van der Waals surface area contributed by atoms with Crippen molar-refractivity contribution in [3.63, 3.8) is 0 Å². The lowest BCUT2D eigenvalue weighted by atomic mass is 10.3. The first-order valence-corrected chi connectivity index (χ1v) is 5.63. The molecule has 0 saturated carbocycles. The van der Waals surface area contributed by atoms with Gasteiger partial charge in [0, 0.05) is 16.9 Å². The van der Waals surface area contributed by atoms with E-state index in [0.29, 0.717) is 5.69 Å². The second kappa shape index (κ2) is 4.58. The van der Waals surface area contributed by atoms with Gasteiger partial charge in [-0.3, -0.25) is 13.9 Å². The average molecular weight is 297 g/mol. The number of aromatic nitrogens is 2. The van der Waals surface area contributed by atoms with Crippen LogP contribution in [0.3, 0.4) is 0 Å². The first-order chi connectivity index (χ1) is 8.09. The molecule has 2 aromatic rings. The number of hydrogen-bond acceptors (Lipinski definition) is 2. The molecule has 5 nitrogen and oxygen atoms in total. The minimum Gasteiger partial charge on any atom is -0.480 e. The second-order valence-corrected chi connectivity index (χ2v) is 4.28. The molecule has 88 valence electrons. The summed E-state index contributed by atoms with van der Waals surface area (Å²) in [4.78, 5) is 22.5. The van der Waals surface area contributed by atoms with E-state index in [4.69, 9.17) is 5.11 Å². The summed E-state index contributed by atoms with van der Waals surface area (Å²) in [6, 6.07) is 7.24. The number of rotatable bonds is 3. The molecule has 0 atom stereocenters. The summed E-state index contributed by atoms with van der Waals surface area (Å²) in [5.74, 6) is -1.04. The van der Waals surface area contributed by atoms with Crippen molar-refractivity contribution in [3.8, 4) is 5.69 Å². The van der Waals surface area contributed by atoms with Gasteiger partial charge >= 0.3 is 11.7 Å². The SMILES string of the molecule is O=C(O)Cn1ccn(-c2ccccc2Br)c1=O. The van der Waals surface area contributed by atoms with Gasteiger partial charge in [0.1, 0.15) is 6.54 Å². The predicted molar refractivity (Wildman–Crippen MR) is 65.4 cm³/mol. The van der Waals surface area contributed by atoms with Crippen LogP contribution in [0.1, 0.15) is 0 Å². The van der Waals surface area contributed by atoms with Crippen LogP contribution >= 0.6 is 15.9 Å². The van der Waals surface area contributed by atoms with Crippen molar-refractivity contribution >= 4 is 21.9 Å². The summed E-state index contributed by atoms with van der Waals surface area (Å²) in [6.07, 6.45) is 3.00. The van der Waals surface area contributed by atoms with Crippen molar-refractivity contribution in [3.05, 3.63) is 51.6 Å². The zero-order chi connectivity index (χ0) is 12.4. The number of carbonyl (C=O) groups is 1. The van der Waals surface area contributed by atoms with E-state index in [-0.39, 0.29) is 12.2 Å². The van der Waals surface area contributed by atoms with E-state index < -0.39 is 5.97 Å². The van der Waals surface area contributed by atoms with Gasteiger partial charge in [0.05, 0.1) is 5.69 Å². The lowest BCUT2D eigenvalue weighted by Crippen LogP contribution is -2.25. The molecular weight excluding hydrogens is 288 g/mol. The second-order valence-electron chi connectivity index (χ2n) is 3.42. The van der Waals surface area contributed by atoms with Gasteiger partial charge in [0.15, 0.2) is 0 Å². The Morgan fingerprint density at radius 1 is 1.29 bits per heavy atom. The summed E-state index contributed by atoms with van der Waals surface area (Å²) >= 11 is 3.34. The highest BCUT2D eigenvalue weighted by Gasteiger charge is 2.09. The summed E-state index contributed by atoms with van der Waals surface area (Å²) in [6.45, 7) is -0.337. The number of halogens is 1. The Bertz CT molecular complexity index is 615. The van der Waals surface area contributed by atoms with E-state index in [1.54, 1.807) is 18.3 Å². The molecule has 1 aromatic heterocycles. The molecule has 2 rings (SSSR count). The molecule has 0 aliphatic heterocycles. The van der Waals surface area contributed by atoms with Crippen LogP contribution in [-0.2, 0) is 11.3 Å². The third kappa shape index (κ3) is 2.31. The zero-order valence-corrected chi connectivity index (χ0v) is 10.3. The van der Waals surface area contributed by atoms with Gasteiger partial charge in [-0.15, -0.1) is 0 Å². The zero-order valence-electron chi connectivity index (χ0n) is 8.71. The molecule has 0 unspecified atom stereocenters. The van der Waals surface area contributed by atoms with E-state index in [0.717, 1.165) is 9.04 Å². The number of carboxylic acid groups (broad SMARTS) is 1. The maximum Gasteiger partial charge on any atom is 0.333 e. The molecule has 0 bridgehead atoms. The Labute approximate surface area is 105 Å². The Morgan fingerprint density at radius 3 is 2.65 bits per heavy atom. The van der Waals surface area contributed by atoms with Crippen molar-refractivity contribution in [1.82, 2.24) is 9.13 Å². The van der Waals surface area contributed by atoms with Crippen molar-refractivity contribution in [2.75, 3.05) is 0 Å². The van der Waals surface area contributed by atoms with Crippen molar-refractivity contribution in [1.29, 1.82) is 0 Å². The van der Waals surface area contributed by atoms with Gasteiger partial charge in [-0.05, 0) is 28.1 Å². The summed E-state index contributed by atoms with van der Waals surface area (Å²) in [5.41, 5.74) is 0.306. The van der Waals surface area contributed by atoms with Crippen LogP contribution in [0.4, 0.5) is 0 Å². The van der Waals surface area contributed by atoms with Gasteiger partial charge in [-0.25, -0.2) is 4.79 Å². The fourth-order valence-electron chi connectivity index (χ4n) is 1.51. The summed E-state index contributed by atoms with van der Waals surface area (Å²) in [5, 5.41) is 8.65. The highest BCUT2D eigenvalue weighted by Crippen LogP contribution is 2.18. The van der Waals surface area contributed by atoms with Gasteiger partial charge in [0.25, 0.3) is 0 Å². The molecule has 0 aliphatic carbocycles. The first-order valence-electron chi connectivity index (χ1n) is 4.84. The highest BCUT2D eigenvalue weighted by atomic mass is 79.9. The van der Waals surface area contributed by atoms with E-state index in [1.165, 1.54) is 10.8 Å². The van der Waals surface area contributed by atoms with Gasteiger partial charge in [0.2, 0.25) is 0 Å². The maximum atomic E-state index is 11.9. The fourth-order valence-corrected chi connectivity index (χ4v) is 1.99. The van der Waals surface area contributed by atoms with Gasteiger partial charge in [-0.1, -0.05) is 12.1 Å². The van der Waals surface area contributed by atoms with Crippen molar-refractivity contribution in [2.45, 2.75) is 6.54 Å². The van der Waals surface area contributed by atoms with E-state index in [1.807, 2.05) is 12.1 Å². The number of imidazole rings is 1. The topological polar surface area (TPSA) is 64.2 Å². The highest BCUT2D eigenvalue weighted by molar-refractivity contribution is 9.10. The molecule has 0 fully saturated rings. The Balaban J connectivity index is 2.48. The van der Waals surface area contributed by atoms with E-state index in [2.05, 4.69) is 15.9 Å². The molecule has 1 heterocycles. The summed E-state index contributed by atoms with van der Waals surface area (Å²) in [7, 11) is 0. The monoisotopic (exact) mass is 296 g/mol. The van der Waals surface area contributed by atoms with Crippen LogP contribution in [0.15, 0.2) is 45.9 Å². The Morgan fingerprint density at radius 2 is 2.00 bits per heavy atom. The lowest BCUT2D eigenvalue weighted by Gasteiger charge is -2.03. The largest absolute Gasteiger partial charge is 0.480 e.